The second kappa shape index (κ2) is 20.9. The Kier molecular flexibility index (Phi) is 21.9. The molecule has 0 saturated heterocycles. The summed E-state index contributed by atoms with van der Waals surface area (Å²) in [5.74, 6) is -0.945. The first-order valence-corrected chi connectivity index (χ1v) is 8.55. The van der Waals surface area contributed by atoms with Gasteiger partial charge in [0.1, 0.15) is 0 Å². The van der Waals surface area contributed by atoms with Crippen LogP contribution in [0.3, 0.4) is 0 Å². The summed E-state index contributed by atoms with van der Waals surface area (Å²) in [6.45, 7) is 8.71. The topological polar surface area (TPSA) is 82.1 Å². The highest BCUT2D eigenvalue weighted by molar-refractivity contribution is 5.66. The molecule has 0 aliphatic heterocycles. The molecule has 6 heteroatoms. The number of hydrogen-bond donors (Lipinski definition) is 1. The third-order valence-corrected chi connectivity index (χ3v) is 2.75. The summed E-state index contributed by atoms with van der Waals surface area (Å²) in [5.41, 5.74) is 0. The van der Waals surface area contributed by atoms with Crippen LogP contribution in [0.25, 0.3) is 0 Å². The lowest BCUT2D eigenvalue weighted by atomic mass is 10.3. The number of esters is 1. The quantitative estimate of drug-likeness (QED) is 0.387. The summed E-state index contributed by atoms with van der Waals surface area (Å²) in [6.07, 6.45) is 6.28. The molecular weight excluding hydrogens is 300 g/mol. The van der Waals surface area contributed by atoms with Gasteiger partial charge in [-0.05, 0) is 19.3 Å². The van der Waals surface area contributed by atoms with Crippen molar-refractivity contribution >= 4 is 11.9 Å². The van der Waals surface area contributed by atoms with E-state index in [2.05, 4.69) is 13.8 Å². The van der Waals surface area contributed by atoms with Gasteiger partial charge in [0.05, 0.1) is 19.8 Å². The number of hydrogen-bond acceptors (Lipinski definition) is 5. The zero-order valence-corrected chi connectivity index (χ0v) is 15.0. The Bertz CT molecular complexity index is 268. The lowest BCUT2D eigenvalue weighted by Gasteiger charge is -2.04. The SMILES string of the molecule is CCCCCOC(C)=O.CCCCOCCOCCCC(=O)O. The van der Waals surface area contributed by atoms with Crippen molar-refractivity contribution < 1.29 is 28.9 Å². The molecule has 0 amide bonds. The molecule has 0 spiro atoms. The molecule has 0 aliphatic rings. The average Bonchev–Trinajstić information content (AvgIpc) is 2.50. The second-order valence-electron chi connectivity index (χ2n) is 5.12. The minimum absolute atomic E-state index is 0.175. The van der Waals surface area contributed by atoms with E-state index in [9.17, 15) is 9.59 Å². The second-order valence-corrected chi connectivity index (χ2v) is 5.12. The van der Waals surface area contributed by atoms with E-state index >= 15 is 0 Å². The van der Waals surface area contributed by atoms with Crippen LogP contribution in [0.1, 0.15) is 65.7 Å². The molecule has 0 saturated carbocycles. The predicted molar refractivity (Wildman–Crippen MR) is 89.6 cm³/mol. The highest BCUT2D eigenvalue weighted by Gasteiger charge is 1.96. The Hall–Kier alpha value is -1.14. The first-order chi connectivity index (χ1) is 11.0. The van der Waals surface area contributed by atoms with Crippen molar-refractivity contribution in [2.75, 3.05) is 33.0 Å². The lowest BCUT2D eigenvalue weighted by Crippen LogP contribution is -2.07. The minimum atomic E-state index is -0.771. The fourth-order valence-electron chi connectivity index (χ4n) is 1.46. The van der Waals surface area contributed by atoms with Crippen LogP contribution >= 0.6 is 0 Å². The van der Waals surface area contributed by atoms with Gasteiger partial charge in [-0.25, -0.2) is 0 Å². The van der Waals surface area contributed by atoms with Gasteiger partial charge in [-0.3, -0.25) is 9.59 Å². The number of carboxylic acid groups (broad SMARTS) is 1. The molecule has 0 heterocycles. The molecule has 1 N–H and O–H groups in total. The van der Waals surface area contributed by atoms with Gasteiger partial charge in [-0.2, -0.15) is 0 Å². The van der Waals surface area contributed by atoms with Crippen molar-refractivity contribution in [2.45, 2.75) is 65.7 Å². The van der Waals surface area contributed by atoms with Crippen molar-refractivity contribution in [1.29, 1.82) is 0 Å². The molecule has 23 heavy (non-hydrogen) atoms. The zero-order valence-electron chi connectivity index (χ0n) is 15.0. The van der Waals surface area contributed by atoms with Crippen LogP contribution in [-0.2, 0) is 23.8 Å². The van der Waals surface area contributed by atoms with Gasteiger partial charge in [0.25, 0.3) is 0 Å². The first kappa shape index (κ1) is 24.1. The van der Waals surface area contributed by atoms with E-state index < -0.39 is 5.97 Å². The molecule has 0 aliphatic carbocycles. The largest absolute Gasteiger partial charge is 0.481 e. The fraction of sp³-hybridized carbons (Fsp3) is 0.882. The summed E-state index contributed by atoms with van der Waals surface area (Å²) >= 11 is 0. The molecule has 0 aromatic carbocycles. The molecule has 0 aromatic heterocycles. The standard InChI is InChI=1S/C10H20O4.C7H14O2/c1-2-3-6-13-8-9-14-7-4-5-10(11)12;1-3-4-5-6-9-7(2)8/h2-9H2,1H3,(H,11,12);3-6H2,1-2H3. The molecule has 0 atom stereocenters. The molecular formula is C17H34O6. The Balaban J connectivity index is 0. The molecule has 0 unspecified atom stereocenters. The molecule has 6 nitrogen and oxygen atoms in total. The summed E-state index contributed by atoms with van der Waals surface area (Å²) in [4.78, 5) is 20.3. The van der Waals surface area contributed by atoms with E-state index in [4.69, 9.17) is 19.3 Å². The number of carbonyl (C=O) groups is 2. The molecule has 0 rings (SSSR count). The summed E-state index contributed by atoms with van der Waals surface area (Å²) in [7, 11) is 0. The Morgan fingerprint density at radius 3 is 1.83 bits per heavy atom. The Labute approximate surface area is 140 Å². The molecule has 0 fully saturated rings. The van der Waals surface area contributed by atoms with Crippen LogP contribution in [0.5, 0.6) is 0 Å². The van der Waals surface area contributed by atoms with Gasteiger partial charge in [-0.15, -0.1) is 0 Å². The van der Waals surface area contributed by atoms with Gasteiger partial charge < -0.3 is 19.3 Å². The van der Waals surface area contributed by atoms with Crippen LogP contribution in [0.4, 0.5) is 0 Å². The van der Waals surface area contributed by atoms with Crippen molar-refractivity contribution in [2.24, 2.45) is 0 Å². The van der Waals surface area contributed by atoms with Crippen molar-refractivity contribution in [3.05, 3.63) is 0 Å². The maximum Gasteiger partial charge on any atom is 0.303 e. The molecule has 0 aromatic rings. The number of ether oxygens (including phenoxy) is 3. The average molecular weight is 334 g/mol. The van der Waals surface area contributed by atoms with E-state index in [0.717, 1.165) is 32.3 Å². The highest BCUT2D eigenvalue weighted by atomic mass is 16.5. The van der Waals surface area contributed by atoms with Crippen LogP contribution < -0.4 is 0 Å². The summed E-state index contributed by atoms with van der Waals surface area (Å²) in [6, 6.07) is 0. The monoisotopic (exact) mass is 334 g/mol. The maximum absolute atomic E-state index is 10.2. The van der Waals surface area contributed by atoms with E-state index in [1.54, 1.807) is 0 Å². The number of unbranched alkanes of at least 4 members (excludes halogenated alkanes) is 3. The van der Waals surface area contributed by atoms with Gasteiger partial charge in [0, 0.05) is 26.6 Å². The minimum Gasteiger partial charge on any atom is -0.481 e. The van der Waals surface area contributed by atoms with E-state index in [1.807, 2.05) is 0 Å². The van der Waals surface area contributed by atoms with Gasteiger partial charge in [-0.1, -0.05) is 33.1 Å². The van der Waals surface area contributed by atoms with E-state index in [0.29, 0.717) is 32.8 Å². The normalized spacial score (nSPS) is 9.87. The lowest BCUT2D eigenvalue weighted by molar-refractivity contribution is -0.141. The smallest absolute Gasteiger partial charge is 0.303 e. The van der Waals surface area contributed by atoms with Gasteiger partial charge in [0.2, 0.25) is 0 Å². The number of rotatable bonds is 14. The van der Waals surface area contributed by atoms with Gasteiger partial charge in [0.15, 0.2) is 0 Å². The number of carboxylic acids is 1. The zero-order chi connectivity index (χ0) is 17.8. The first-order valence-electron chi connectivity index (χ1n) is 8.55. The van der Waals surface area contributed by atoms with Crippen LogP contribution in [-0.4, -0.2) is 50.1 Å². The molecule has 138 valence electrons. The van der Waals surface area contributed by atoms with Crippen LogP contribution in [0.15, 0.2) is 0 Å². The van der Waals surface area contributed by atoms with Crippen LogP contribution in [0, 0.1) is 0 Å². The highest BCUT2D eigenvalue weighted by Crippen LogP contribution is 1.93. The third-order valence-electron chi connectivity index (χ3n) is 2.75. The van der Waals surface area contributed by atoms with Crippen LogP contribution in [0.2, 0.25) is 0 Å². The molecule has 0 radical (unpaired) electrons. The summed E-state index contributed by atoms with van der Waals surface area (Å²) < 4.78 is 15.1. The van der Waals surface area contributed by atoms with Crippen molar-refractivity contribution in [1.82, 2.24) is 0 Å². The van der Waals surface area contributed by atoms with E-state index in [1.165, 1.54) is 13.3 Å². The maximum atomic E-state index is 10.2. The van der Waals surface area contributed by atoms with Crippen molar-refractivity contribution in [3.63, 3.8) is 0 Å². The number of aliphatic carboxylic acids is 1. The fourth-order valence-corrected chi connectivity index (χ4v) is 1.46. The summed E-state index contributed by atoms with van der Waals surface area (Å²) in [5, 5.41) is 8.33. The Morgan fingerprint density at radius 1 is 0.783 bits per heavy atom. The van der Waals surface area contributed by atoms with Gasteiger partial charge >= 0.3 is 11.9 Å². The predicted octanol–water partition coefficient (Wildman–Crippen LogP) is 3.42. The molecule has 0 bridgehead atoms. The number of carbonyl (C=O) groups excluding carboxylic acids is 1. The van der Waals surface area contributed by atoms with E-state index in [-0.39, 0.29) is 12.4 Å². The van der Waals surface area contributed by atoms with Crippen molar-refractivity contribution in [3.8, 4) is 0 Å². The Morgan fingerprint density at radius 2 is 1.35 bits per heavy atom. The third kappa shape index (κ3) is 29.5.